The maximum Gasteiger partial charge on any atom is 0.391 e. The Labute approximate surface area is 133 Å². The molecule has 1 aliphatic heterocycles. The van der Waals surface area contributed by atoms with E-state index < -0.39 is 12.1 Å². The van der Waals surface area contributed by atoms with E-state index in [-0.39, 0.29) is 24.9 Å². The van der Waals surface area contributed by atoms with Crippen LogP contribution in [-0.2, 0) is 17.8 Å². The molecule has 0 N–H and O–H groups in total. The summed E-state index contributed by atoms with van der Waals surface area (Å²) in [5, 5.41) is 0. The molecule has 0 atom stereocenters. The number of carbonyl (C=O) groups is 1. The summed E-state index contributed by atoms with van der Waals surface area (Å²) in [7, 11) is 1.35. The van der Waals surface area contributed by atoms with Gasteiger partial charge in [0, 0.05) is 19.1 Å². The highest BCUT2D eigenvalue weighted by atomic mass is 19.4. The summed E-state index contributed by atoms with van der Waals surface area (Å²) in [6, 6.07) is 5.71. The van der Waals surface area contributed by atoms with Crippen LogP contribution in [0.2, 0.25) is 0 Å². The second-order valence-electron chi connectivity index (χ2n) is 6.39. The highest BCUT2D eigenvalue weighted by Gasteiger charge is 2.42. The molecule has 1 aliphatic carbocycles. The first-order valence-electron chi connectivity index (χ1n) is 7.90. The lowest BCUT2D eigenvalue weighted by atomic mass is 9.85. The van der Waals surface area contributed by atoms with E-state index in [1.165, 1.54) is 7.11 Å². The third-order valence-corrected chi connectivity index (χ3v) is 5.09. The van der Waals surface area contributed by atoms with Crippen molar-refractivity contribution in [1.29, 1.82) is 0 Å². The predicted molar refractivity (Wildman–Crippen MR) is 78.8 cm³/mol. The molecule has 1 heterocycles. The molecule has 1 saturated carbocycles. The average molecular weight is 327 g/mol. The molecule has 1 aromatic carbocycles. The van der Waals surface area contributed by atoms with Crippen LogP contribution in [0.5, 0.6) is 0 Å². The Morgan fingerprint density at radius 1 is 1.17 bits per heavy atom. The molecule has 6 heteroatoms. The van der Waals surface area contributed by atoms with Crippen LogP contribution < -0.4 is 0 Å². The van der Waals surface area contributed by atoms with Gasteiger partial charge in [0.1, 0.15) is 0 Å². The number of carbonyl (C=O) groups excluding carboxylic acids is 1. The van der Waals surface area contributed by atoms with Crippen LogP contribution in [0.25, 0.3) is 0 Å². The molecule has 23 heavy (non-hydrogen) atoms. The van der Waals surface area contributed by atoms with Crippen molar-refractivity contribution in [1.82, 2.24) is 4.90 Å². The number of hydrogen-bond donors (Lipinski definition) is 0. The largest absolute Gasteiger partial charge is 0.465 e. The zero-order valence-electron chi connectivity index (χ0n) is 13.0. The SMILES string of the molecule is COC(=O)c1cccc2c1CN(C1CCC(C(F)(F)F)CC1)C2. The fourth-order valence-corrected chi connectivity index (χ4v) is 3.77. The zero-order valence-corrected chi connectivity index (χ0v) is 13.0. The molecule has 0 saturated heterocycles. The van der Waals surface area contributed by atoms with E-state index in [4.69, 9.17) is 4.74 Å². The van der Waals surface area contributed by atoms with Crippen LogP contribution >= 0.6 is 0 Å². The molecule has 0 bridgehead atoms. The van der Waals surface area contributed by atoms with Gasteiger partial charge in [-0.1, -0.05) is 12.1 Å². The number of alkyl halides is 3. The lowest BCUT2D eigenvalue weighted by molar-refractivity contribution is -0.184. The first-order valence-corrected chi connectivity index (χ1v) is 7.90. The van der Waals surface area contributed by atoms with E-state index in [9.17, 15) is 18.0 Å². The number of methoxy groups -OCH3 is 1. The fraction of sp³-hybridized carbons (Fsp3) is 0.588. The van der Waals surface area contributed by atoms with Gasteiger partial charge in [0.05, 0.1) is 18.6 Å². The van der Waals surface area contributed by atoms with Gasteiger partial charge in [0.15, 0.2) is 0 Å². The normalized spacial score (nSPS) is 25.2. The van der Waals surface area contributed by atoms with Crippen molar-refractivity contribution in [3.05, 3.63) is 34.9 Å². The van der Waals surface area contributed by atoms with Gasteiger partial charge in [0.25, 0.3) is 0 Å². The minimum absolute atomic E-state index is 0.159. The number of rotatable bonds is 2. The van der Waals surface area contributed by atoms with E-state index in [2.05, 4.69) is 4.90 Å². The van der Waals surface area contributed by atoms with Crippen LogP contribution in [0.15, 0.2) is 18.2 Å². The minimum Gasteiger partial charge on any atom is -0.465 e. The molecule has 0 unspecified atom stereocenters. The monoisotopic (exact) mass is 327 g/mol. The third-order valence-electron chi connectivity index (χ3n) is 5.09. The summed E-state index contributed by atoms with van der Waals surface area (Å²) in [6.07, 6.45) is -2.55. The standard InChI is InChI=1S/C17H20F3NO2/c1-23-16(22)14-4-2-3-11-9-21(10-15(11)14)13-7-5-12(6-8-13)17(18,19)20/h2-4,12-13H,5-10H2,1H3. The molecule has 1 fully saturated rings. The number of hydrogen-bond acceptors (Lipinski definition) is 3. The molecule has 2 aliphatic rings. The Hall–Kier alpha value is -1.56. The van der Waals surface area contributed by atoms with Gasteiger partial charge in [-0.3, -0.25) is 4.90 Å². The number of esters is 1. The van der Waals surface area contributed by atoms with Crippen LogP contribution in [0.1, 0.15) is 47.2 Å². The minimum atomic E-state index is -4.07. The highest BCUT2D eigenvalue weighted by Crippen LogP contribution is 2.40. The summed E-state index contributed by atoms with van der Waals surface area (Å²) in [4.78, 5) is 14.0. The van der Waals surface area contributed by atoms with Crippen molar-refractivity contribution in [3.63, 3.8) is 0 Å². The summed E-state index contributed by atoms with van der Waals surface area (Å²) >= 11 is 0. The molecular formula is C17H20F3NO2. The van der Waals surface area contributed by atoms with Gasteiger partial charge in [-0.25, -0.2) is 4.79 Å². The van der Waals surface area contributed by atoms with Crippen molar-refractivity contribution in [2.75, 3.05) is 7.11 Å². The molecule has 0 spiro atoms. The number of benzene rings is 1. The molecule has 0 radical (unpaired) electrons. The number of nitrogens with zero attached hydrogens (tertiary/aromatic N) is 1. The quantitative estimate of drug-likeness (QED) is 0.771. The lowest BCUT2D eigenvalue weighted by Crippen LogP contribution is -2.37. The maximum atomic E-state index is 12.8. The Morgan fingerprint density at radius 2 is 1.87 bits per heavy atom. The molecule has 126 valence electrons. The van der Waals surface area contributed by atoms with Crippen molar-refractivity contribution in [2.45, 2.75) is 51.0 Å². The maximum absolute atomic E-state index is 12.8. The molecule has 0 amide bonds. The molecule has 1 aromatic rings. The summed E-state index contributed by atoms with van der Waals surface area (Å²) in [5.74, 6) is -1.51. The Kier molecular flexibility index (Phi) is 4.36. The Balaban J connectivity index is 1.68. The Morgan fingerprint density at radius 3 is 2.48 bits per heavy atom. The first-order chi connectivity index (χ1) is 10.9. The van der Waals surface area contributed by atoms with Crippen molar-refractivity contribution < 1.29 is 22.7 Å². The average Bonchev–Trinajstić information content (AvgIpc) is 2.97. The number of ether oxygens (including phenoxy) is 1. The van der Waals surface area contributed by atoms with E-state index in [0.29, 0.717) is 31.5 Å². The molecule has 3 nitrogen and oxygen atoms in total. The van der Waals surface area contributed by atoms with Gasteiger partial charge in [0.2, 0.25) is 0 Å². The predicted octanol–water partition coefficient (Wildman–Crippen LogP) is 3.91. The highest BCUT2D eigenvalue weighted by molar-refractivity contribution is 5.91. The van der Waals surface area contributed by atoms with Crippen molar-refractivity contribution in [3.8, 4) is 0 Å². The van der Waals surface area contributed by atoms with E-state index in [1.54, 1.807) is 6.07 Å². The molecular weight excluding hydrogens is 307 g/mol. The van der Waals surface area contributed by atoms with E-state index >= 15 is 0 Å². The first kappa shape index (κ1) is 16.3. The van der Waals surface area contributed by atoms with Crippen LogP contribution in [-0.4, -0.2) is 30.2 Å². The molecule has 0 aromatic heterocycles. The lowest BCUT2D eigenvalue weighted by Gasteiger charge is -2.35. The van der Waals surface area contributed by atoms with Crippen molar-refractivity contribution >= 4 is 5.97 Å². The summed E-state index contributed by atoms with van der Waals surface area (Å²) < 4.78 is 43.1. The van der Waals surface area contributed by atoms with Gasteiger partial charge >= 0.3 is 12.1 Å². The fourth-order valence-electron chi connectivity index (χ4n) is 3.77. The van der Waals surface area contributed by atoms with Crippen LogP contribution in [0.3, 0.4) is 0 Å². The van der Waals surface area contributed by atoms with Gasteiger partial charge < -0.3 is 4.74 Å². The van der Waals surface area contributed by atoms with E-state index in [1.807, 2.05) is 12.1 Å². The second-order valence-corrected chi connectivity index (χ2v) is 6.39. The molecule has 3 rings (SSSR count). The third kappa shape index (κ3) is 3.22. The number of fused-ring (bicyclic) bond motifs is 1. The smallest absolute Gasteiger partial charge is 0.391 e. The van der Waals surface area contributed by atoms with Gasteiger partial charge in [-0.15, -0.1) is 0 Å². The van der Waals surface area contributed by atoms with Crippen LogP contribution in [0, 0.1) is 5.92 Å². The van der Waals surface area contributed by atoms with Gasteiger partial charge in [-0.2, -0.15) is 13.2 Å². The zero-order chi connectivity index (χ0) is 16.6. The topological polar surface area (TPSA) is 29.5 Å². The van der Waals surface area contributed by atoms with Crippen LogP contribution in [0.4, 0.5) is 13.2 Å². The summed E-state index contributed by atoms with van der Waals surface area (Å²) in [5.41, 5.74) is 2.60. The van der Waals surface area contributed by atoms with E-state index in [0.717, 1.165) is 11.1 Å². The Bertz CT molecular complexity index is 592. The van der Waals surface area contributed by atoms with Crippen molar-refractivity contribution in [2.24, 2.45) is 5.92 Å². The summed E-state index contributed by atoms with van der Waals surface area (Å²) in [6.45, 7) is 1.31. The second kappa shape index (κ2) is 6.15. The van der Waals surface area contributed by atoms with Gasteiger partial charge in [-0.05, 0) is 42.9 Å². The number of halogens is 3.